The zero-order valence-corrected chi connectivity index (χ0v) is 23.8. The maximum atomic E-state index is 13.4. The summed E-state index contributed by atoms with van der Waals surface area (Å²) in [5.74, 6) is -0.257. The predicted molar refractivity (Wildman–Crippen MR) is 144 cm³/mol. The van der Waals surface area contributed by atoms with Gasteiger partial charge >= 0.3 is 6.03 Å². The first-order chi connectivity index (χ1) is 17.2. The van der Waals surface area contributed by atoms with Gasteiger partial charge in [0.15, 0.2) is 0 Å². The van der Waals surface area contributed by atoms with Crippen molar-refractivity contribution in [3.63, 3.8) is 0 Å². The molecule has 202 valence electrons. The zero-order chi connectivity index (χ0) is 27.3. The van der Waals surface area contributed by atoms with E-state index in [4.69, 9.17) is 0 Å². The average molecular weight is 549 g/mol. The monoisotopic (exact) mass is 548 g/mol. The molecular weight excluding hydrogens is 512 g/mol. The minimum atomic E-state index is -3.68. The quantitative estimate of drug-likeness (QED) is 0.533. The molecule has 0 unspecified atom stereocenters. The van der Waals surface area contributed by atoms with Gasteiger partial charge in [0, 0.05) is 37.9 Å². The number of imide groups is 1. The number of rotatable bonds is 7. The maximum Gasteiger partial charge on any atom is 0.327 e. The van der Waals surface area contributed by atoms with Gasteiger partial charge in [-0.3, -0.25) is 9.69 Å². The van der Waals surface area contributed by atoms with Crippen molar-refractivity contribution in [3.8, 4) is 0 Å². The van der Waals surface area contributed by atoms with Crippen molar-refractivity contribution >= 4 is 39.0 Å². The van der Waals surface area contributed by atoms with Gasteiger partial charge in [-0.25, -0.2) is 13.2 Å². The second-order valence-corrected chi connectivity index (χ2v) is 14.1. The molecule has 1 N–H and O–H groups in total. The van der Waals surface area contributed by atoms with Gasteiger partial charge in [-0.15, -0.1) is 11.3 Å². The Labute approximate surface area is 223 Å². The molecule has 0 spiro atoms. The molecule has 2 aromatic rings. The van der Waals surface area contributed by atoms with Crippen LogP contribution in [0, 0.1) is 0 Å². The number of sulfonamides is 1. The highest BCUT2D eigenvalue weighted by molar-refractivity contribution is 7.91. The Kier molecular flexibility index (Phi) is 7.21. The topological polar surface area (TPSA) is 101 Å². The number of aliphatic hydroxyl groups is 1. The van der Waals surface area contributed by atoms with E-state index in [-0.39, 0.29) is 41.3 Å². The van der Waals surface area contributed by atoms with Crippen molar-refractivity contribution in [2.75, 3.05) is 31.1 Å². The lowest BCUT2D eigenvalue weighted by Gasteiger charge is -2.44. The molecule has 2 aliphatic heterocycles. The molecule has 1 atom stereocenters. The number of piperazine rings is 1. The lowest BCUT2D eigenvalue weighted by atomic mass is 9.97. The molecule has 2 fully saturated rings. The number of carbonyl (C=O) groups excluding carboxylic acids is 2. The molecule has 9 nitrogen and oxygen atoms in total. The summed E-state index contributed by atoms with van der Waals surface area (Å²) in [5.41, 5.74) is -0.409. The molecule has 0 saturated carbocycles. The summed E-state index contributed by atoms with van der Waals surface area (Å²) in [4.78, 5) is 31.4. The second kappa shape index (κ2) is 9.68. The average Bonchev–Trinajstić information content (AvgIpc) is 3.42. The fraction of sp³-hybridized carbons (Fsp3) is 0.538. The zero-order valence-electron chi connectivity index (χ0n) is 22.2. The summed E-state index contributed by atoms with van der Waals surface area (Å²) in [6.07, 6.45) is 0. The Balaban J connectivity index is 1.68. The minimum Gasteiger partial charge on any atom is -0.386 e. The molecule has 0 aliphatic carbocycles. The SMILES string of the molecule is CC(C)N1C(=O)N(C[C@H]2CN(S(=O)(=O)c3cccs3)CCN2c2ccc(C(C)(C)O)cc2)C(C)(C)C1=O. The van der Waals surface area contributed by atoms with Crippen LogP contribution in [0.5, 0.6) is 0 Å². The van der Waals surface area contributed by atoms with Crippen molar-refractivity contribution in [1.82, 2.24) is 14.1 Å². The van der Waals surface area contributed by atoms with Gasteiger partial charge < -0.3 is 14.9 Å². The van der Waals surface area contributed by atoms with Gasteiger partial charge in [0.05, 0.1) is 11.6 Å². The molecule has 2 aliphatic rings. The fourth-order valence-corrected chi connectivity index (χ4v) is 7.59. The van der Waals surface area contributed by atoms with Gasteiger partial charge in [-0.1, -0.05) is 18.2 Å². The summed E-state index contributed by atoms with van der Waals surface area (Å²) >= 11 is 1.18. The van der Waals surface area contributed by atoms with Crippen LogP contribution in [0.3, 0.4) is 0 Å². The number of benzene rings is 1. The van der Waals surface area contributed by atoms with E-state index in [1.807, 2.05) is 38.1 Å². The molecule has 1 aromatic heterocycles. The summed E-state index contributed by atoms with van der Waals surface area (Å²) < 4.78 is 28.5. The van der Waals surface area contributed by atoms with Crippen LogP contribution in [-0.2, 0) is 20.4 Å². The van der Waals surface area contributed by atoms with Gasteiger partial charge in [0.25, 0.3) is 15.9 Å². The van der Waals surface area contributed by atoms with Crippen molar-refractivity contribution in [1.29, 1.82) is 0 Å². The third-order valence-electron chi connectivity index (χ3n) is 7.20. The van der Waals surface area contributed by atoms with Crippen molar-refractivity contribution in [2.24, 2.45) is 0 Å². The van der Waals surface area contributed by atoms with Gasteiger partial charge in [0.2, 0.25) is 0 Å². The number of hydrogen-bond donors (Lipinski definition) is 1. The van der Waals surface area contributed by atoms with Gasteiger partial charge in [-0.2, -0.15) is 4.31 Å². The van der Waals surface area contributed by atoms with Crippen LogP contribution in [-0.4, -0.2) is 83.4 Å². The third kappa shape index (κ3) is 5.01. The summed E-state index contributed by atoms with van der Waals surface area (Å²) in [6, 6.07) is 9.82. The van der Waals surface area contributed by atoms with E-state index in [0.29, 0.717) is 13.1 Å². The molecule has 4 rings (SSSR count). The first-order valence-corrected chi connectivity index (χ1v) is 14.8. The molecule has 37 heavy (non-hydrogen) atoms. The van der Waals surface area contributed by atoms with E-state index in [1.165, 1.54) is 20.5 Å². The highest BCUT2D eigenvalue weighted by Crippen LogP contribution is 2.33. The Bertz CT molecular complexity index is 1250. The largest absolute Gasteiger partial charge is 0.386 e. The molecule has 3 amide bonds. The Morgan fingerprint density at radius 1 is 1.11 bits per heavy atom. The van der Waals surface area contributed by atoms with E-state index >= 15 is 0 Å². The molecule has 2 saturated heterocycles. The van der Waals surface area contributed by atoms with Crippen LogP contribution in [0.25, 0.3) is 0 Å². The third-order valence-corrected chi connectivity index (χ3v) is 10.4. The summed E-state index contributed by atoms with van der Waals surface area (Å²) in [7, 11) is -3.68. The van der Waals surface area contributed by atoms with Crippen molar-refractivity contribution in [2.45, 2.75) is 69.0 Å². The molecule has 1 aromatic carbocycles. The molecule has 3 heterocycles. The first-order valence-electron chi connectivity index (χ1n) is 12.4. The van der Waals surface area contributed by atoms with Crippen LogP contribution in [0.2, 0.25) is 0 Å². The van der Waals surface area contributed by atoms with Crippen LogP contribution in [0.1, 0.15) is 47.1 Å². The van der Waals surface area contributed by atoms with Crippen molar-refractivity contribution < 1.29 is 23.1 Å². The minimum absolute atomic E-state index is 0.170. The molecule has 0 bridgehead atoms. The Morgan fingerprint density at radius 3 is 2.27 bits per heavy atom. The summed E-state index contributed by atoms with van der Waals surface area (Å²) in [6.45, 7) is 11.6. The molecular formula is C26H36N4O5S2. The maximum absolute atomic E-state index is 13.4. The highest BCUT2D eigenvalue weighted by atomic mass is 32.2. The highest BCUT2D eigenvalue weighted by Gasteiger charge is 2.53. The van der Waals surface area contributed by atoms with Crippen LogP contribution in [0.4, 0.5) is 10.5 Å². The summed E-state index contributed by atoms with van der Waals surface area (Å²) in [5, 5.41) is 12.1. The van der Waals surface area contributed by atoms with Crippen LogP contribution >= 0.6 is 11.3 Å². The molecule has 0 radical (unpaired) electrons. The standard InChI is InChI=1S/C26H36N4O5S2/c1-18(2)30-23(31)25(3,4)29(24(30)32)17-21-16-27(37(34,35)22-8-7-15-36-22)13-14-28(21)20-11-9-19(10-12-20)26(5,6)33/h7-12,15,18,21,33H,13-14,16-17H2,1-6H3/t21-/m1/s1. The van der Waals surface area contributed by atoms with Gasteiger partial charge in [-0.05, 0) is 70.7 Å². The van der Waals surface area contributed by atoms with E-state index in [9.17, 15) is 23.1 Å². The normalized spacial score (nSPS) is 21.4. The Hall–Kier alpha value is -2.47. The first kappa shape index (κ1) is 27.6. The number of urea groups is 1. The second-order valence-electron chi connectivity index (χ2n) is 11.0. The number of anilines is 1. The lowest BCUT2D eigenvalue weighted by molar-refractivity contribution is -0.132. The van der Waals surface area contributed by atoms with Gasteiger partial charge in [0.1, 0.15) is 9.75 Å². The smallest absolute Gasteiger partial charge is 0.327 e. The molecule has 11 heteroatoms. The van der Waals surface area contributed by atoms with E-state index in [2.05, 4.69) is 4.90 Å². The predicted octanol–water partition coefficient (Wildman–Crippen LogP) is 3.31. The van der Waals surface area contributed by atoms with E-state index in [1.54, 1.807) is 50.1 Å². The number of carbonyl (C=O) groups is 2. The van der Waals surface area contributed by atoms with Crippen LogP contribution < -0.4 is 4.90 Å². The number of nitrogens with zero attached hydrogens (tertiary/aromatic N) is 4. The lowest BCUT2D eigenvalue weighted by Crippen LogP contribution is -2.60. The fourth-order valence-electron chi connectivity index (χ4n) is 4.98. The van der Waals surface area contributed by atoms with Crippen molar-refractivity contribution in [3.05, 3.63) is 47.3 Å². The number of hydrogen-bond acceptors (Lipinski definition) is 7. The van der Waals surface area contributed by atoms with E-state index in [0.717, 1.165) is 11.3 Å². The van der Waals surface area contributed by atoms with Crippen LogP contribution in [0.15, 0.2) is 46.0 Å². The Morgan fingerprint density at radius 2 is 1.76 bits per heavy atom. The number of amides is 3. The van der Waals surface area contributed by atoms with E-state index < -0.39 is 21.2 Å². The number of thiophene rings is 1.